The summed E-state index contributed by atoms with van der Waals surface area (Å²) >= 11 is 0. The Morgan fingerprint density at radius 2 is 1.31 bits per heavy atom. The summed E-state index contributed by atoms with van der Waals surface area (Å²) in [7, 11) is 3.55. The van der Waals surface area contributed by atoms with E-state index in [-0.39, 0.29) is 57.3 Å². The van der Waals surface area contributed by atoms with Crippen molar-refractivity contribution < 1.29 is 28.7 Å². The number of aromatic nitrogens is 4. The van der Waals surface area contributed by atoms with Gasteiger partial charge in [0.2, 0.25) is 11.9 Å². The van der Waals surface area contributed by atoms with Gasteiger partial charge in [-0.05, 0) is 111 Å². The van der Waals surface area contributed by atoms with Gasteiger partial charge in [-0.3, -0.25) is 25.2 Å². The van der Waals surface area contributed by atoms with Crippen molar-refractivity contribution in [2.45, 2.75) is 178 Å². The SMILES string of the molecule is CCC(CCOC(=O)N(C)C1CC(C)(C)CC(C)(CNC(=O)Nc2nc(C)cc(=O)[nH]2)C1)CCC(CC)CC(CC)CCOC(=O)NC1CC(C)(C)CC(C)(CNC(=O)Nc2nc(=O)cc(C)n2C)C1. The van der Waals surface area contributed by atoms with E-state index in [0.717, 1.165) is 77.0 Å². The fraction of sp³-hybridized carbons (Fsp3) is 0.769. The summed E-state index contributed by atoms with van der Waals surface area (Å²) in [6.45, 7) is 24.7. The molecule has 0 saturated heterocycles. The lowest BCUT2D eigenvalue weighted by Gasteiger charge is -2.48. The van der Waals surface area contributed by atoms with E-state index in [1.807, 2.05) is 7.05 Å². The van der Waals surface area contributed by atoms with Gasteiger partial charge < -0.3 is 34.9 Å². The normalized spacial score (nSPS) is 22.9. The molecule has 0 radical (unpaired) electrons. The molecule has 70 heavy (non-hydrogen) atoms. The number of nitrogens with zero attached hydrogens (tertiary/aromatic N) is 4. The molecule has 2 heterocycles. The molecule has 0 aromatic carbocycles. The maximum atomic E-state index is 13.4. The number of hydrogen-bond donors (Lipinski definition) is 6. The molecule has 2 aliphatic carbocycles. The van der Waals surface area contributed by atoms with E-state index >= 15 is 0 Å². The lowest BCUT2D eigenvalue weighted by Crippen LogP contribution is -2.51. The van der Waals surface area contributed by atoms with Crippen LogP contribution >= 0.6 is 0 Å². The Morgan fingerprint density at radius 1 is 0.757 bits per heavy atom. The van der Waals surface area contributed by atoms with E-state index < -0.39 is 23.7 Å². The largest absolute Gasteiger partial charge is 0.450 e. The summed E-state index contributed by atoms with van der Waals surface area (Å²) in [4.78, 5) is 88.3. The minimum Gasteiger partial charge on any atom is -0.450 e. The molecule has 7 unspecified atom stereocenters. The molecule has 2 aliphatic rings. The smallest absolute Gasteiger partial charge is 0.409 e. The molecule has 18 nitrogen and oxygen atoms in total. The van der Waals surface area contributed by atoms with Crippen molar-refractivity contribution in [3.8, 4) is 0 Å². The quantitative estimate of drug-likeness (QED) is 0.0654. The Bertz CT molecular complexity index is 2190. The second kappa shape index (κ2) is 25.3. The van der Waals surface area contributed by atoms with Crippen molar-refractivity contribution in [1.82, 2.24) is 40.4 Å². The summed E-state index contributed by atoms with van der Waals surface area (Å²) in [5, 5.41) is 14.4. The maximum absolute atomic E-state index is 13.4. The number of aryl methyl sites for hydroxylation is 2. The van der Waals surface area contributed by atoms with Crippen LogP contribution in [0, 0.1) is 53.3 Å². The lowest BCUT2D eigenvalue weighted by atomic mass is 9.62. The fourth-order valence-electron chi connectivity index (χ4n) is 11.7. The number of ether oxygens (including phenoxy) is 2. The Kier molecular flexibility index (Phi) is 20.7. The molecule has 2 aromatic rings. The van der Waals surface area contributed by atoms with Gasteiger partial charge in [-0.15, -0.1) is 0 Å². The number of anilines is 2. The van der Waals surface area contributed by atoms with E-state index in [0.29, 0.717) is 68.3 Å². The van der Waals surface area contributed by atoms with Crippen molar-refractivity contribution in [2.75, 3.05) is 44.0 Å². The molecule has 7 atom stereocenters. The summed E-state index contributed by atoms with van der Waals surface area (Å²) in [5.74, 6) is 1.69. The van der Waals surface area contributed by atoms with Crippen molar-refractivity contribution >= 4 is 36.1 Å². The van der Waals surface area contributed by atoms with E-state index in [1.165, 1.54) is 12.1 Å². The monoisotopic (exact) mass is 981 g/mol. The average Bonchev–Trinajstić information content (AvgIpc) is 3.24. The van der Waals surface area contributed by atoms with Crippen LogP contribution in [0.4, 0.5) is 31.1 Å². The van der Waals surface area contributed by atoms with Crippen LogP contribution in [0.2, 0.25) is 0 Å². The van der Waals surface area contributed by atoms with Crippen molar-refractivity contribution in [2.24, 2.45) is 46.5 Å². The molecule has 2 aromatic heterocycles. The second-order valence-corrected chi connectivity index (χ2v) is 23.2. The first-order chi connectivity index (χ1) is 32.7. The minimum absolute atomic E-state index is 0.0552. The van der Waals surface area contributed by atoms with Gasteiger partial charge in [0.15, 0.2) is 0 Å². The van der Waals surface area contributed by atoms with E-state index in [4.69, 9.17) is 9.47 Å². The highest BCUT2D eigenvalue weighted by atomic mass is 16.6. The Morgan fingerprint density at radius 3 is 1.94 bits per heavy atom. The number of carbonyl (C=O) groups excluding carboxylic acids is 4. The number of carbonyl (C=O) groups is 4. The summed E-state index contributed by atoms with van der Waals surface area (Å²) in [6.07, 6.45) is 11.9. The number of alkyl carbamates (subject to hydrolysis) is 1. The molecule has 0 spiro atoms. The maximum Gasteiger partial charge on any atom is 0.409 e. The zero-order valence-corrected chi connectivity index (χ0v) is 44.8. The van der Waals surface area contributed by atoms with Crippen LogP contribution in [0.5, 0.6) is 0 Å². The third-order valence-electron chi connectivity index (χ3n) is 15.0. The van der Waals surface area contributed by atoms with Gasteiger partial charge in [0.05, 0.1) is 13.2 Å². The topological polar surface area (TPSA) is 231 Å². The molecule has 18 heteroatoms. The molecule has 394 valence electrons. The Labute approximate surface area is 416 Å². The van der Waals surface area contributed by atoms with Crippen molar-refractivity contribution in [3.63, 3.8) is 0 Å². The first-order valence-electron chi connectivity index (χ1n) is 25.8. The zero-order valence-electron chi connectivity index (χ0n) is 44.8. The van der Waals surface area contributed by atoms with Gasteiger partial charge >= 0.3 is 24.2 Å². The van der Waals surface area contributed by atoms with Gasteiger partial charge in [0.25, 0.3) is 11.1 Å². The molecular weight excluding hydrogens is 893 g/mol. The minimum atomic E-state index is -0.453. The summed E-state index contributed by atoms with van der Waals surface area (Å²) in [5.41, 5.74) is -0.264. The van der Waals surface area contributed by atoms with Gasteiger partial charge in [0.1, 0.15) is 0 Å². The van der Waals surface area contributed by atoms with Crippen LogP contribution in [0.15, 0.2) is 21.7 Å². The van der Waals surface area contributed by atoms with Crippen LogP contribution in [0.1, 0.15) is 164 Å². The van der Waals surface area contributed by atoms with Crippen molar-refractivity contribution in [1.29, 1.82) is 0 Å². The predicted molar refractivity (Wildman–Crippen MR) is 275 cm³/mol. The highest BCUT2D eigenvalue weighted by Gasteiger charge is 2.44. The highest BCUT2D eigenvalue weighted by Crippen LogP contribution is 2.48. The molecule has 2 saturated carbocycles. The van der Waals surface area contributed by atoms with E-state index in [2.05, 4.69) is 104 Å². The third-order valence-corrected chi connectivity index (χ3v) is 15.0. The highest BCUT2D eigenvalue weighted by molar-refractivity contribution is 5.87. The first-order valence-corrected chi connectivity index (χ1v) is 25.8. The Hall–Kier alpha value is -5.16. The Balaban J connectivity index is 1.16. The molecule has 0 bridgehead atoms. The molecule has 4 rings (SSSR count). The van der Waals surface area contributed by atoms with Crippen LogP contribution in [-0.4, -0.2) is 94.1 Å². The number of hydrogen-bond acceptors (Lipinski definition) is 10. The van der Waals surface area contributed by atoms with Gasteiger partial charge in [-0.1, -0.05) is 94.4 Å². The molecule has 6 amide bonds. The van der Waals surface area contributed by atoms with Crippen molar-refractivity contribution in [3.05, 3.63) is 44.2 Å². The number of amides is 6. The summed E-state index contributed by atoms with van der Waals surface area (Å²) in [6, 6.07) is 1.72. The summed E-state index contributed by atoms with van der Waals surface area (Å²) < 4.78 is 13.3. The third kappa shape index (κ3) is 18.5. The lowest BCUT2D eigenvalue weighted by molar-refractivity contribution is 0.0196. The molecular formula is C52H88N10O8. The molecule has 6 N–H and O–H groups in total. The van der Waals surface area contributed by atoms with Crippen LogP contribution in [0.25, 0.3) is 0 Å². The van der Waals surface area contributed by atoms with Crippen LogP contribution < -0.4 is 37.7 Å². The standard InChI is InChI=1S/C52H88N10O8/c1-14-36(19-22-70-48(68)62(13)40-28-50(8,9)31-52(11,29-40)33-53-45(65)59-43-55-34(4)23-41(63)57-43)17-18-37(15-2)25-38(16-3)20-21-69-47(67)56-39-26-49(6,7)30-51(10,27-39)32-54-46(66)60-44-58-42(64)24-35(5)61(44)12/h23-24,36-40H,14-22,25-33H2,1-13H3,(H,56,67)(H2,54,58,60,64,66)(H3,53,55,57,59,63,65). The molecule has 2 fully saturated rings. The second-order valence-electron chi connectivity index (χ2n) is 23.2. The van der Waals surface area contributed by atoms with Gasteiger partial charge in [-0.2, -0.15) is 4.98 Å². The van der Waals surface area contributed by atoms with Gasteiger partial charge in [-0.25, -0.2) is 24.2 Å². The van der Waals surface area contributed by atoms with E-state index in [1.54, 1.807) is 30.4 Å². The van der Waals surface area contributed by atoms with Crippen LogP contribution in [0.3, 0.4) is 0 Å². The number of aromatic amines is 1. The van der Waals surface area contributed by atoms with Crippen LogP contribution in [-0.2, 0) is 16.5 Å². The first kappa shape index (κ1) is 57.4. The van der Waals surface area contributed by atoms with Gasteiger partial charge in [0, 0.05) is 62.8 Å². The number of nitrogens with one attached hydrogen (secondary N) is 6. The number of rotatable bonds is 22. The fourth-order valence-corrected chi connectivity index (χ4v) is 11.7. The molecule has 0 aliphatic heterocycles. The zero-order chi connectivity index (χ0) is 52.0. The predicted octanol–water partition coefficient (Wildman–Crippen LogP) is 9.42. The average molecular weight is 981 g/mol. The number of urea groups is 2. The number of H-pyrrole nitrogens is 1. The van der Waals surface area contributed by atoms with E-state index in [9.17, 15) is 28.8 Å².